The second-order valence-electron chi connectivity index (χ2n) is 2.47. The van der Waals surface area contributed by atoms with Crippen LogP contribution in [0.3, 0.4) is 0 Å². The lowest BCUT2D eigenvalue weighted by Crippen LogP contribution is -2.16. The molecule has 0 amide bonds. The van der Waals surface area contributed by atoms with Crippen molar-refractivity contribution < 1.29 is 0 Å². The lowest BCUT2D eigenvalue weighted by atomic mass is 10.4. The van der Waals surface area contributed by atoms with E-state index in [1.54, 1.807) is 19.2 Å². The first-order chi connectivity index (χ1) is 5.70. The lowest BCUT2D eigenvalue weighted by molar-refractivity contribution is 0.890. The Kier molecular flexibility index (Phi) is 1.44. The fourth-order valence-corrected chi connectivity index (χ4v) is 1.18. The van der Waals surface area contributed by atoms with Crippen molar-refractivity contribution in [3.8, 4) is 0 Å². The third-order valence-corrected chi connectivity index (χ3v) is 2.09. The molecule has 2 heterocycles. The van der Waals surface area contributed by atoms with Gasteiger partial charge in [-0.2, -0.15) is 0 Å². The molecule has 0 aromatic carbocycles. The van der Waals surface area contributed by atoms with Gasteiger partial charge in [-0.3, -0.25) is 9.89 Å². The highest BCUT2D eigenvalue weighted by molar-refractivity contribution is 6.31. The number of hydrogen-bond donors (Lipinski definition) is 1. The summed E-state index contributed by atoms with van der Waals surface area (Å²) in [6, 6.07) is 1.71. The van der Waals surface area contributed by atoms with E-state index in [1.165, 1.54) is 4.52 Å². The molecule has 62 valence electrons. The number of hydrogen-bond acceptors (Lipinski definition) is 2. The SMILES string of the molecule is Cc1nc2cc[nH]n2c(=O)c1Cl. The minimum atomic E-state index is -0.260. The van der Waals surface area contributed by atoms with Gasteiger partial charge in [-0.05, 0) is 6.92 Å². The highest BCUT2D eigenvalue weighted by Crippen LogP contribution is 2.07. The first-order valence-electron chi connectivity index (χ1n) is 3.42. The zero-order chi connectivity index (χ0) is 8.72. The summed E-state index contributed by atoms with van der Waals surface area (Å²) in [4.78, 5) is 15.5. The van der Waals surface area contributed by atoms with Crippen molar-refractivity contribution in [2.45, 2.75) is 6.92 Å². The Hall–Kier alpha value is -1.29. The van der Waals surface area contributed by atoms with Crippen LogP contribution < -0.4 is 5.56 Å². The van der Waals surface area contributed by atoms with Gasteiger partial charge in [0.2, 0.25) is 0 Å². The first kappa shape index (κ1) is 7.36. The van der Waals surface area contributed by atoms with Gasteiger partial charge < -0.3 is 0 Å². The maximum Gasteiger partial charge on any atom is 0.291 e. The molecule has 4 nitrogen and oxygen atoms in total. The van der Waals surface area contributed by atoms with Gasteiger partial charge in [0.25, 0.3) is 5.56 Å². The summed E-state index contributed by atoms with van der Waals surface area (Å²) >= 11 is 5.70. The molecule has 0 unspecified atom stereocenters. The van der Waals surface area contributed by atoms with E-state index in [0.29, 0.717) is 11.3 Å². The van der Waals surface area contributed by atoms with Gasteiger partial charge in [-0.1, -0.05) is 11.6 Å². The van der Waals surface area contributed by atoms with Gasteiger partial charge in [0.05, 0.1) is 5.69 Å². The molecule has 0 bridgehead atoms. The summed E-state index contributed by atoms with van der Waals surface area (Å²) in [7, 11) is 0. The van der Waals surface area contributed by atoms with Gasteiger partial charge in [-0.25, -0.2) is 9.50 Å². The van der Waals surface area contributed by atoms with Crippen molar-refractivity contribution in [1.82, 2.24) is 14.6 Å². The highest BCUT2D eigenvalue weighted by Gasteiger charge is 2.06. The van der Waals surface area contributed by atoms with Crippen molar-refractivity contribution >= 4 is 17.2 Å². The Morgan fingerprint density at radius 3 is 3.17 bits per heavy atom. The maximum absolute atomic E-state index is 11.4. The maximum atomic E-state index is 11.4. The quantitative estimate of drug-likeness (QED) is 0.662. The van der Waals surface area contributed by atoms with E-state index in [2.05, 4.69) is 10.1 Å². The van der Waals surface area contributed by atoms with Crippen LogP contribution in [0.25, 0.3) is 5.65 Å². The van der Waals surface area contributed by atoms with E-state index >= 15 is 0 Å². The molecule has 2 rings (SSSR count). The summed E-state index contributed by atoms with van der Waals surface area (Å²) in [5, 5.41) is 2.88. The Labute approximate surface area is 72.8 Å². The molecule has 0 spiro atoms. The molecule has 2 aromatic rings. The number of halogens is 1. The molecular weight excluding hydrogens is 178 g/mol. The third-order valence-electron chi connectivity index (χ3n) is 1.66. The second kappa shape index (κ2) is 2.35. The van der Waals surface area contributed by atoms with E-state index in [1.807, 2.05) is 0 Å². The van der Waals surface area contributed by atoms with Crippen LogP contribution in [0.2, 0.25) is 5.02 Å². The van der Waals surface area contributed by atoms with E-state index in [-0.39, 0.29) is 10.6 Å². The Bertz CT molecular complexity index is 485. The highest BCUT2D eigenvalue weighted by atomic mass is 35.5. The van der Waals surface area contributed by atoms with Gasteiger partial charge in [0, 0.05) is 12.3 Å². The Morgan fingerprint density at radius 2 is 2.42 bits per heavy atom. The minimum Gasteiger partial charge on any atom is -0.297 e. The third kappa shape index (κ3) is 0.848. The van der Waals surface area contributed by atoms with Gasteiger partial charge in [0.1, 0.15) is 5.02 Å². The van der Waals surface area contributed by atoms with Crippen LogP contribution in [0.1, 0.15) is 5.69 Å². The van der Waals surface area contributed by atoms with Crippen LogP contribution in [0.5, 0.6) is 0 Å². The molecule has 0 aliphatic rings. The lowest BCUT2D eigenvalue weighted by Gasteiger charge is -1.96. The predicted molar refractivity (Wildman–Crippen MR) is 45.6 cm³/mol. The molecule has 0 saturated carbocycles. The number of aromatic nitrogens is 3. The summed E-state index contributed by atoms with van der Waals surface area (Å²) < 4.78 is 1.30. The largest absolute Gasteiger partial charge is 0.297 e. The summed E-state index contributed by atoms with van der Waals surface area (Å²) in [6.07, 6.45) is 1.64. The average Bonchev–Trinajstić information content (AvgIpc) is 2.48. The first-order valence-corrected chi connectivity index (χ1v) is 3.80. The molecule has 0 saturated heterocycles. The van der Waals surface area contributed by atoms with E-state index < -0.39 is 0 Å². The van der Waals surface area contributed by atoms with Gasteiger partial charge in [-0.15, -0.1) is 0 Å². The monoisotopic (exact) mass is 183 g/mol. The fraction of sp³-hybridized carbons (Fsp3) is 0.143. The molecule has 0 fully saturated rings. The number of H-pyrrole nitrogens is 1. The standard InChI is InChI=1S/C7H6ClN3O/c1-4-6(8)7(12)11-5(10-4)2-3-9-11/h2-3,9H,1H3. The molecule has 0 aliphatic heterocycles. The smallest absolute Gasteiger partial charge is 0.291 e. The predicted octanol–water partition coefficient (Wildman–Crippen LogP) is 0.984. The van der Waals surface area contributed by atoms with Crippen LogP contribution in [-0.2, 0) is 0 Å². The van der Waals surface area contributed by atoms with Crippen molar-refractivity contribution in [2.24, 2.45) is 0 Å². The summed E-state index contributed by atoms with van der Waals surface area (Å²) in [5.41, 5.74) is 0.882. The molecule has 0 atom stereocenters. The normalized spacial score (nSPS) is 10.8. The van der Waals surface area contributed by atoms with Gasteiger partial charge in [0.15, 0.2) is 5.65 Å². The number of aryl methyl sites for hydroxylation is 1. The van der Waals surface area contributed by atoms with Gasteiger partial charge >= 0.3 is 0 Å². The number of aromatic amines is 1. The van der Waals surface area contributed by atoms with Crippen molar-refractivity contribution in [3.63, 3.8) is 0 Å². The minimum absolute atomic E-state index is 0.162. The topological polar surface area (TPSA) is 50.2 Å². The van der Waals surface area contributed by atoms with Crippen LogP contribution in [0.15, 0.2) is 17.1 Å². The van der Waals surface area contributed by atoms with E-state index in [0.717, 1.165) is 0 Å². The van der Waals surface area contributed by atoms with Crippen LogP contribution in [0.4, 0.5) is 0 Å². The molecule has 0 aliphatic carbocycles. The second-order valence-corrected chi connectivity index (χ2v) is 2.85. The average molecular weight is 184 g/mol. The van der Waals surface area contributed by atoms with Crippen molar-refractivity contribution in [1.29, 1.82) is 0 Å². The molecule has 2 aromatic heterocycles. The molecule has 1 N–H and O–H groups in total. The van der Waals surface area contributed by atoms with Crippen molar-refractivity contribution in [3.05, 3.63) is 33.3 Å². The number of fused-ring (bicyclic) bond motifs is 1. The number of rotatable bonds is 0. The van der Waals surface area contributed by atoms with Crippen LogP contribution in [-0.4, -0.2) is 14.6 Å². The molecule has 5 heteroatoms. The van der Waals surface area contributed by atoms with Crippen LogP contribution >= 0.6 is 11.6 Å². The van der Waals surface area contributed by atoms with Crippen molar-refractivity contribution in [2.75, 3.05) is 0 Å². The van der Waals surface area contributed by atoms with Crippen LogP contribution in [0, 0.1) is 6.92 Å². The summed E-state index contributed by atoms with van der Waals surface area (Å²) in [5.74, 6) is 0. The Balaban J connectivity index is 3.05. The summed E-state index contributed by atoms with van der Waals surface area (Å²) in [6.45, 7) is 1.71. The van der Waals surface area contributed by atoms with E-state index in [4.69, 9.17) is 11.6 Å². The molecular formula is C7H6ClN3O. The van der Waals surface area contributed by atoms with E-state index in [9.17, 15) is 4.79 Å². The zero-order valence-corrected chi connectivity index (χ0v) is 7.09. The number of nitrogens with zero attached hydrogens (tertiary/aromatic N) is 2. The molecule has 12 heavy (non-hydrogen) atoms. The fourth-order valence-electron chi connectivity index (χ4n) is 1.05. The molecule has 0 radical (unpaired) electrons. The Morgan fingerprint density at radius 1 is 1.67 bits per heavy atom. The zero-order valence-electron chi connectivity index (χ0n) is 6.34. The number of nitrogens with one attached hydrogen (secondary N) is 1.